The summed E-state index contributed by atoms with van der Waals surface area (Å²) < 4.78 is 5.22. The molecule has 0 bridgehead atoms. The molecule has 1 aromatic carbocycles. The van der Waals surface area contributed by atoms with E-state index in [1.54, 1.807) is 24.1 Å². The maximum atomic E-state index is 12.2. The second-order valence-corrected chi connectivity index (χ2v) is 6.15. The number of nitrogens with one attached hydrogen (secondary N) is 2. The standard InChI is InChI=1S/C18H29N3O3/c1-6-21(11-17(22)19-14(4)13(2)3)12-18(23)20-15-9-7-8-10-16(15)24-5/h7-10,13-14H,6,11-12H2,1-5H3,(H,19,22)(H,20,23)/t14-/m1/s1. The summed E-state index contributed by atoms with van der Waals surface area (Å²) in [7, 11) is 1.56. The number of nitrogens with zero attached hydrogens (tertiary/aromatic N) is 1. The Hall–Kier alpha value is -2.08. The highest BCUT2D eigenvalue weighted by atomic mass is 16.5. The molecule has 2 N–H and O–H groups in total. The van der Waals surface area contributed by atoms with Gasteiger partial charge in [-0.05, 0) is 31.5 Å². The summed E-state index contributed by atoms with van der Waals surface area (Å²) in [6.07, 6.45) is 0. The second-order valence-electron chi connectivity index (χ2n) is 6.15. The zero-order chi connectivity index (χ0) is 18.1. The Morgan fingerprint density at radius 2 is 1.75 bits per heavy atom. The number of amides is 2. The van der Waals surface area contributed by atoms with Gasteiger partial charge in [-0.1, -0.05) is 32.9 Å². The van der Waals surface area contributed by atoms with Crippen molar-refractivity contribution in [2.75, 3.05) is 32.1 Å². The zero-order valence-electron chi connectivity index (χ0n) is 15.3. The van der Waals surface area contributed by atoms with Gasteiger partial charge in [0.1, 0.15) is 5.75 Å². The Morgan fingerprint density at radius 3 is 2.33 bits per heavy atom. The lowest BCUT2D eigenvalue weighted by Crippen LogP contribution is -2.44. The van der Waals surface area contributed by atoms with Gasteiger partial charge in [0, 0.05) is 6.04 Å². The summed E-state index contributed by atoms with van der Waals surface area (Å²) in [5.41, 5.74) is 0.624. The molecular weight excluding hydrogens is 306 g/mol. The van der Waals surface area contributed by atoms with E-state index in [2.05, 4.69) is 24.5 Å². The van der Waals surface area contributed by atoms with E-state index in [0.717, 1.165) is 0 Å². The highest BCUT2D eigenvalue weighted by Crippen LogP contribution is 2.22. The van der Waals surface area contributed by atoms with Gasteiger partial charge >= 0.3 is 0 Å². The topological polar surface area (TPSA) is 70.7 Å². The fraction of sp³-hybridized carbons (Fsp3) is 0.556. The van der Waals surface area contributed by atoms with E-state index in [-0.39, 0.29) is 30.9 Å². The average Bonchev–Trinajstić information content (AvgIpc) is 2.54. The molecule has 0 unspecified atom stereocenters. The summed E-state index contributed by atoms with van der Waals surface area (Å²) in [5, 5.41) is 5.77. The molecule has 0 saturated carbocycles. The third kappa shape index (κ3) is 6.58. The summed E-state index contributed by atoms with van der Waals surface area (Å²) in [4.78, 5) is 26.1. The Morgan fingerprint density at radius 1 is 1.12 bits per heavy atom. The minimum atomic E-state index is -0.175. The number of carbonyl (C=O) groups is 2. The molecule has 0 aliphatic carbocycles. The van der Waals surface area contributed by atoms with Crippen molar-refractivity contribution in [2.45, 2.75) is 33.7 Å². The zero-order valence-corrected chi connectivity index (χ0v) is 15.3. The van der Waals surface area contributed by atoms with Gasteiger partial charge in [0.2, 0.25) is 11.8 Å². The summed E-state index contributed by atoms with van der Waals surface area (Å²) in [6.45, 7) is 8.99. The van der Waals surface area contributed by atoms with Gasteiger partial charge in [0.15, 0.2) is 0 Å². The Bertz CT molecular complexity index is 546. The molecule has 0 radical (unpaired) electrons. The monoisotopic (exact) mass is 335 g/mol. The van der Waals surface area contributed by atoms with Gasteiger partial charge in [0.05, 0.1) is 25.9 Å². The Balaban J connectivity index is 2.55. The smallest absolute Gasteiger partial charge is 0.238 e. The maximum absolute atomic E-state index is 12.2. The maximum Gasteiger partial charge on any atom is 0.238 e. The average molecular weight is 335 g/mol. The highest BCUT2D eigenvalue weighted by Gasteiger charge is 2.16. The number of rotatable bonds is 9. The number of hydrogen-bond acceptors (Lipinski definition) is 4. The summed E-state index contributed by atoms with van der Waals surface area (Å²) in [6, 6.07) is 7.35. The van der Waals surface area contributed by atoms with E-state index in [4.69, 9.17) is 4.74 Å². The van der Waals surface area contributed by atoms with Crippen LogP contribution in [-0.4, -0.2) is 49.5 Å². The molecule has 1 rings (SSSR count). The van der Waals surface area contributed by atoms with Crippen molar-refractivity contribution in [3.63, 3.8) is 0 Å². The van der Waals surface area contributed by atoms with Crippen molar-refractivity contribution in [3.05, 3.63) is 24.3 Å². The third-order valence-corrected chi connectivity index (χ3v) is 3.95. The lowest BCUT2D eigenvalue weighted by Gasteiger charge is -2.22. The van der Waals surface area contributed by atoms with Crippen molar-refractivity contribution in [1.82, 2.24) is 10.2 Å². The van der Waals surface area contributed by atoms with E-state index in [9.17, 15) is 9.59 Å². The number of benzene rings is 1. The molecule has 0 heterocycles. The number of para-hydroxylation sites is 2. The summed E-state index contributed by atoms with van der Waals surface area (Å²) >= 11 is 0. The van der Waals surface area contributed by atoms with E-state index < -0.39 is 0 Å². The van der Waals surface area contributed by atoms with Crippen LogP contribution < -0.4 is 15.4 Å². The first-order valence-electron chi connectivity index (χ1n) is 8.31. The number of anilines is 1. The normalized spacial score (nSPS) is 12.1. The molecule has 134 valence electrons. The number of hydrogen-bond donors (Lipinski definition) is 2. The third-order valence-electron chi connectivity index (χ3n) is 3.95. The highest BCUT2D eigenvalue weighted by molar-refractivity contribution is 5.94. The molecule has 24 heavy (non-hydrogen) atoms. The van der Waals surface area contributed by atoms with E-state index in [1.807, 2.05) is 26.0 Å². The second kappa shape index (κ2) is 9.93. The Labute approximate surface area is 144 Å². The van der Waals surface area contributed by atoms with Crippen molar-refractivity contribution >= 4 is 17.5 Å². The van der Waals surface area contributed by atoms with E-state index in [1.165, 1.54) is 0 Å². The molecule has 0 spiro atoms. The van der Waals surface area contributed by atoms with Crippen molar-refractivity contribution in [3.8, 4) is 5.75 Å². The fourth-order valence-electron chi connectivity index (χ4n) is 2.09. The first-order valence-corrected chi connectivity index (χ1v) is 8.31. The lowest BCUT2D eigenvalue weighted by molar-refractivity contribution is -0.124. The quantitative estimate of drug-likeness (QED) is 0.725. The van der Waals surface area contributed by atoms with Gasteiger partial charge in [-0.2, -0.15) is 0 Å². The molecular formula is C18H29N3O3. The largest absolute Gasteiger partial charge is 0.495 e. The Kier molecular flexibility index (Phi) is 8.26. The van der Waals surface area contributed by atoms with Gasteiger partial charge in [-0.15, -0.1) is 0 Å². The van der Waals surface area contributed by atoms with E-state index >= 15 is 0 Å². The van der Waals surface area contributed by atoms with Gasteiger partial charge in [0.25, 0.3) is 0 Å². The SMILES string of the molecule is CCN(CC(=O)Nc1ccccc1OC)CC(=O)N[C@H](C)C(C)C. The molecule has 6 heteroatoms. The molecule has 0 aliphatic heterocycles. The van der Waals surface area contributed by atoms with Crippen LogP contribution in [0.4, 0.5) is 5.69 Å². The number of carbonyl (C=O) groups excluding carboxylic acids is 2. The first-order chi connectivity index (χ1) is 11.4. The number of ether oxygens (including phenoxy) is 1. The molecule has 1 aromatic rings. The predicted molar refractivity (Wildman–Crippen MR) is 96.2 cm³/mol. The van der Waals surface area contributed by atoms with Gasteiger partial charge in [-0.25, -0.2) is 0 Å². The van der Waals surface area contributed by atoms with Crippen LogP contribution in [-0.2, 0) is 9.59 Å². The van der Waals surface area contributed by atoms with Crippen LogP contribution in [0, 0.1) is 5.92 Å². The molecule has 0 fully saturated rings. The molecule has 6 nitrogen and oxygen atoms in total. The van der Waals surface area contributed by atoms with Crippen LogP contribution >= 0.6 is 0 Å². The van der Waals surface area contributed by atoms with E-state index in [0.29, 0.717) is 23.9 Å². The van der Waals surface area contributed by atoms with Crippen LogP contribution in [0.3, 0.4) is 0 Å². The predicted octanol–water partition coefficient (Wildman–Crippen LogP) is 2.12. The van der Waals surface area contributed by atoms with Crippen molar-refractivity contribution < 1.29 is 14.3 Å². The minimum Gasteiger partial charge on any atom is -0.495 e. The lowest BCUT2D eigenvalue weighted by atomic mass is 10.1. The van der Waals surface area contributed by atoms with Crippen LogP contribution in [0.15, 0.2) is 24.3 Å². The van der Waals surface area contributed by atoms with Crippen molar-refractivity contribution in [1.29, 1.82) is 0 Å². The first kappa shape index (κ1) is 20.0. The molecule has 0 saturated heterocycles. The van der Waals surface area contributed by atoms with Crippen LogP contribution in [0.1, 0.15) is 27.7 Å². The fourth-order valence-corrected chi connectivity index (χ4v) is 2.09. The van der Waals surface area contributed by atoms with Crippen LogP contribution in [0.25, 0.3) is 0 Å². The molecule has 0 aromatic heterocycles. The van der Waals surface area contributed by atoms with Crippen LogP contribution in [0.5, 0.6) is 5.75 Å². The van der Waals surface area contributed by atoms with Crippen molar-refractivity contribution in [2.24, 2.45) is 5.92 Å². The van der Waals surface area contributed by atoms with Crippen LogP contribution in [0.2, 0.25) is 0 Å². The molecule has 2 amide bonds. The summed E-state index contributed by atoms with van der Waals surface area (Å²) in [5.74, 6) is 0.740. The number of methoxy groups -OCH3 is 1. The minimum absolute atomic E-state index is 0.0665. The van der Waals surface area contributed by atoms with Gasteiger partial charge in [-0.3, -0.25) is 14.5 Å². The van der Waals surface area contributed by atoms with Gasteiger partial charge < -0.3 is 15.4 Å². The molecule has 1 atom stereocenters. The molecule has 0 aliphatic rings. The number of likely N-dealkylation sites (N-methyl/N-ethyl adjacent to an activating group) is 1.